The molecule has 0 atom stereocenters. The van der Waals surface area contributed by atoms with Gasteiger partial charge in [-0.2, -0.15) is 0 Å². The zero-order chi connectivity index (χ0) is 20.1. The topological polar surface area (TPSA) is 80.3 Å². The minimum atomic E-state index is -0.615. The van der Waals surface area contributed by atoms with Crippen molar-refractivity contribution in [3.8, 4) is 5.75 Å². The number of nitrogens with one attached hydrogen (secondary N) is 2. The number of rotatable bonds is 9. The molecule has 2 amide bonds. The fourth-order valence-corrected chi connectivity index (χ4v) is 3.26. The predicted octanol–water partition coefficient (Wildman–Crippen LogP) is 3.64. The summed E-state index contributed by atoms with van der Waals surface area (Å²) in [6, 6.07) is 3.94. The van der Waals surface area contributed by atoms with Gasteiger partial charge in [-0.3, -0.25) is 9.59 Å². The molecule has 0 radical (unpaired) electrons. The van der Waals surface area contributed by atoms with Gasteiger partial charge in [-0.15, -0.1) is 11.3 Å². The Morgan fingerprint density at radius 3 is 2.89 bits per heavy atom. The summed E-state index contributed by atoms with van der Waals surface area (Å²) in [6.07, 6.45) is 2.63. The first-order valence-corrected chi connectivity index (χ1v) is 9.97. The third-order valence-corrected chi connectivity index (χ3v) is 5.18. The van der Waals surface area contributed by atoms with Crippen molar-refractivity contribution in [1.29, 1.82) is 0 Å². The number of nitrogens with zero attached hydrogens (tertiary/aromatic N) is 1. The summed E-state index contributed by atoms with van der Waals surface area (Å²) >= 11 is 6.90. The maximum Gasteiger partial charge on any atom is 0.284 e. The lowest BCUT2D eigenvalue weighted by Gasteiger charge is -2.09. The van der Waals surface area contributed by atoms with Gasteiger partial charge < -0.3 is 15.4 Å². The summed E-state index contributed by atoms with van der Waals surface area (Å²) in [6.45, 7) is 3.81. The fourth-order valence-electron chi connectivity index (χ4n) is 2.35. The molecule has 28 heavy (non-hydrogen) atoms. The monoisotopic (exact) mass is 423 g/mol. The zero-order valence-corrected chi connectivity index (χ0v) is 16.5. The molecule has 1 aromatic heterocycles. The van der Waals surface area contributed by atoms with E-state index in [9.17, 15) is 14.0 Å². The first kappa shape index (κ1) is 20.3. The Bertz CT molecular complexity index is 898. The number of hydrogen-bond acceptors (Lipinski definition) is 5. The second-order valence-corrected chi connectivity index (χ2v) is 7.64. The lowest BCUT2D eigenvalue weighted by molar-refractivity contribution is -0.123. The quantitative estimate of drug-likeness (QED) is 0.645. The molecule has 6 nitrogen and oxygen atoms in total. The summed E-state index contributed by atoms with van der Waals surface area (Å²) in [5.41, 5.74) is 1.46. The van der Waals surface area contributed by atoms with Crippen LogP contribution in [-0.4, -0.2) is 29.9 Å². The average Bonchev–Trinajstić information content (AvgIpc) is 3.39. The van der Waals surface area contributed by atoms with Crippen LogP contribution in [-0.2, 0) is 4.79 Å². The van der Waals surface area contributed by atoms with Gasteiger partial charge in [-0.1, -0.05) is 18.2 Å². The molecule has 2 aromatic rings. The van der Waals surface area contributed by atoms with Crippen LogP contribution in [0.3, 0.4) is 0 Å². The van der Waals surface area contributed by atoms with Crippen LogP contribution in [0, 0.1) is 5.82 Å². The van der Waals surface area contributed by atoms with Gasteiger partial charge in [0.1, 0.15) is 11.6 Å². The molecular formula is C19H19ClFN3O3S. The Morgan fingerprint density at radius 2 is 2.18 bits per heavy atom. The van der Waals surface area contributed by atoms with Gasteiger partial charge in [0.05, 0.1) is 10.7 Å². The molecule has 2 N–H and O–H groups in total. The molecule has 0 spiro atoms. The Hall–Kier alpha value is -2.45. The van der Waals surface area contributed by atoms with Gasteiger partial charge in [-0.05, 0) is 25.0 Å². The number of thiazole rings is 1. The van der Waals surface area contributed by atoms with E-state index in [-0.39, 0.29) is 35.7 Å². The van der Waals surface area contributed by atoms with Crippen LogP contribution in [0.2, 0.25) is 5.02 Å². The van der Waals surface area contributed by atoms with Crippen molar-refractivity contribution in [2.24, 2.45) is 0 Å². The first-order chi connectivity index (χ1) is 13.4. The molecule has 1 saturated carbocycles. The van der Waals surface area contributed by atoms with Gasteiger partial charge in [0.25, 0.3) is 11.8 Å². The standard InChI is InChI=1S/C19H19ClFN3O3S/c1-11(23-18(26)19-24-16(10-28-19)12-2-3-12)6-7-22-17(25)9-27-13-4-5-14(20)15(21)8-13/h4-5,8,10,12H,1-3,6-7,9H2,(H,22,25)(H,23,26). The van der Waals surface area contributed by atoms with Crippen LogP contribution in [0.4, 0.5) is 4.39 Å². The molecular weight excluding hydrogens is 405 g/mol. The number of amides is 2. The van der Waals surface area contributed by atoms with E-state index in [1.54, 1.807) is 0 Å². The normalized spacial score (nSPS) is 13.1. The smallest absolute Gasteiger partial charge is 0.284 e. The molecule has 1 aliphatic rings. The van der Waals surface area contributed by atoms with E-state index in [2.05, 4.69) is 22.2 Å². The number of benzene rings is 1. The van der Waals surface area contributed by atoms with Crippen LogP contribution in [0.15, 0.2) is 35.9 Å². The molecule has 0 saturated heterocycles. The Labute approximate surface area is 170 Å². The Balaban J connectivity index is 1.34. The van der Waals surface area contributed by atoms with Crippen LogP contribution < -0.4 is 15.4 Å². The second-order valence-electron chi connectivity index (χ2n) is 6.37. The molecule has 3 rings (SSSR count). The highest BCUT2D eigenvalue weighted by Gasteiger charge is 2.27. The molecule has 0 bridgehead atoms. The lowest BCUT2D eigenvalue weighted by Crippen LogP contribution is -2.31. The summed E-state index contributed by atoms with van der Waals surface area (Å²) < 4.78 is 18.5. The number of halogens is 2. The third kappa shape index (κ3) is 5.77. The van der Waals surface area contributed by atoms with Gasteiger partial charge in [0.2, 0.25) is 0 Å². The van der Waals surface area contributed by atoms with E-state index in [0.29, 0.717) is 23.0 Å². The molecule has 0 aliphatic heterocycles. The highest BCUT2D eigenvalue weighted by molar-refractivity contribution is 7.11. The van der Waals surface area contributed by atoms with Crippen molar-refractivity contribution in [3.05, 3.63) is 57.4 Å². The first-order valence-electron chi connectivity index (χ1n) is 8.71. The number of ether oxygens (including phenoxy) is 1. The largest absolute Gasteiger partial charge is 0.484 e. The molecule has 0 unspecified atom stereocenters. The maximum absolute atomic E-state index is 13.3. The number of carbonyl (C=O) groups excluding carboxylic acids is 2. The lowest BCUT2D eigenvalue weighted by atomic mass is 10.3. The van der Waals surface area contributed by atoms with Crippen molar-refractivity contribution >= 4 is 34.8 Å². The van der Waals surface area contributed by atoms with Crippen LogP contribution in [0.1, 0.15) is 40.7 Å². The minimum Gasteiger partial charge on any atom is -0.484 e. The van der Waals surface area contributed by atoms with Crippen molar-refractivity contribution in [2.45, 2.75) is 25.2 Å². The fraction of sp³-hybridized carbons (Fsp3) is 0.316. The molecule has 1 aliphatic carbocycles. The SMILES string of the molecule is C=C(CCNC(=O)COc1ccc(Cl)c(F)c1)NC(=O)c1nc(C2CC2)cs1. The van der Waals surface area contributed by atoms with Crippen LogP contribution in [0.5, 0.6) is 5.75 Å². The van der Waals surface area contributed by atoms with Gasteiger partial charge in [0, 0.05) is 36.0 Å². The highest BCUT2D eigenvalue weighted by atomic mass is 35.5. The van der Waals surface area contributed by atoms with E-state index < -0.39 is 5.82 Å². The van der Waals surface area contributed by atoms with E-state index >= 15 is 0 Å². The van der Waals surface area contributed by atoms with Gasteiger partial charge in [-0.25, -0.2) is 9.37 Å². The van der Waals surface area contributed by atoms with E-state index in [0.717, 1.165) is 24.6 Å². The number of carbonyl (C=O) groups is 2. The van der Waals surface area contributed by atoms with E-state index in [4.69, 9.17) is 16.3 Å². The highest BCUT2D eigenvalue weighted by Crippen LogP contribution is 2.40. The summed E-state index contributed by atoms with van der Waals surface area (Å²) in [4.78, 5) is 28.3. The predicted molar refractivity (Wildman–Crippen MR) is 105 cm³/mol. The van der Waals surface area contributed by atoms with Gasteiger partial charge >= 0.3 is 0 Å². The summed E-state index contributed by atoms with van der Waals surface area (Å²) in [5.74, 6) is -0.563. The number of hydrogen-bond donors (Lipinski definition) is 2. The van der Waals surface area contributed by atoms with Crippen molar-refractivity contribution in [2.75, 3.05) is 13.2 Å². The maximum atomic E-state index is 13.3. The Morgan fingerprint density at radius 1 is 1.39 bits per heavy atom. The van der Waals surface area contributed by atoms with Crippen LogP contribution >= 0.6 is 22.9 Å². The zero-order valence-electron chi connectivity index (χ0n) is 15.0. The minimum absolute atomic E-state index is 0.0149. The molecule has 1 heterocycles. The summed E-state index contributed by atoms with van der Waals surface area (Å²) in [5, 5.41) is 7.65. The third-order valence-electron chi connectivity index (χ3n) is 4.01. The van der Waals surface area contributed by atoms with E-state index in [1.807, 2.05) is 5.38 Å². The second kappa shape index (κ2) is 9.16. The molecule has 9 heteroatoms. The number of aromatic nitrogens is 1. The molecule has 148 valence electrons. The average molecular weight is 424 g/mol. The Kier molecular flexibility index (Phi) is 6.64. The van der Waals surface area contributed by atoms with Crippen LogP contribution in [0.25, 0.3) is 0 Å². The molecule has 1 aromatic carbocycles. The van der Waals surface area contributed by atoms with Gasteiger partial charge in [0.15, 0.2) is 11.6 Å². The molecule has 1 fully saturated rings. The summed E-state index contributed by atoms with van der Waals surface area (Å²) in [7, 11) is 0. The van der Waals surface area contributed by atoms with Crippen molar-refractivity contribution < 1.29 is 18.7 Å². The van der Waals surface area contributed by atoms with Crippen molar-refractivity contribution in [3.63, 3.8) is 0 Å². The van der Waals surface area contributed by atoms with Crippen molar-refractivity contribution in [1.82, 2.24) is 15.6 Å². The van der Waals surface area contributed by atoms with E-state index in [1.165, 1.54) is 23.5 Å².